The summed E-state index contributed by atoms with van der Waals surface area (Å²) >= 11 is 0. The molecule has 2 aromatic carbocycles. The van der Waals surface area contributed by atoms with Crippen molar-refractivity contribution < 1.29 is 4.39 Å². The van der Waals surface area contributed by atoms with Crippen molar-refractivity contribution >= 4 is 11.8 Å². The number of rotatable bonds is 7. The quantitative estimate of drug-likeness (QED) is 0.265. The lowest BCUT2D eigenvalue weighted by Crippen LogP contribution is -2.12. The van der Waals surface area contributed by atoms with Crippen molar-refractivity contribution in [2.45, 2.75) is 81.6 Å². The minimum absolute atomic E-state index is 0.189. The Morgan fingerprint density at radius 2 is 1.50 bits per heavy atom. The molecule has 0 aliphatic heterocycles. The maximum absolute atomic E-state index is 14.1. The second kappa shape index (κ2) is 23.4. The summed E-state index contributed by atoms with van der Waals surface area (Å²) in [5.74, 6) is 0.578. The number of benzene rings is 2. The van der Waals surface area contributed by atoms with Gasteiger partial charge in [0.05, 0.1) is 5.71 Å². The topological polar surface area (TPSA) is 23.9 Å². The highest BCUT2D eigenvalue weighted by atomic mass is 19.1. The zero-order chi connectivity index (χ0) is 31.1. The van der Waals surface area contributed by atoms with Crippen LogP contribution in [-0.2, 0) is 0 Å². The van der Waals surface area contributed by atoms with Crippen LogP contribution in [0.1, 0.15) is 91.3 Å². The molecule has 1 nitrogen and oxygen atoms in total. The van der Waals surface area contributed by atoms with Crippen molar-refractivity contribution in [1.29, 1.82) is 5.41 Å². The standard InChI is InChI=1S/C18H20FN.C9H14.C7H8.2C2H6/c1-6-8-13(5)17(12(3)4)18(20)15-10-9-14(7-2)11-16(15)19;1-3-5-9-6-8(4-2)7-9;1-7-5-3-2-4-6-7;2*1-2/h6-11,20H,1-2H2,3-5H3;3,5,8H,1,4,6-7H2,2H3;2-6H,1H3;2*1-2H3/b13-8-,20-18?;;;;. The van der Waals surface area contributed by atoms with Crippen LogP contribution < -0.4 is 0 Å². The van der Waals surface area contributed by atoms with E-state index in [1.165, 1.54) is 30.9 Å². The van der Waals surface area contributed by atoms with E-state index in [2.05, 4.69) is 51.8 Å². The lowest BCUT2D eigenvalue weighted by Gasteiger charge is -2.27. The van der Waals surface area contributed by atoms with E-state index in [4.69, 9.17) is 5.41 Å². The van der Waals surface area contributed by atoms with Crippen LogP contribution in [0.5, 0.6) is 0 Å². The van der Waals surface area contributed by atoms with Gasteiger partial charge in [0.25, 0.3) is 0 Å². The first-order chi connectivity index (χ1) is 19.2. The Bertz CT molecular complexity index is 1120. The Morgan fingerprint density at radius 3 is 1.88 bits per heavy atom. The summed E-state index contributed by atoms with van der Waals surface area (Å²) in [5.41, 5.74) is 6.71. The van der Waals surface area contributed by atoms with Crippen molar-refractivity contribution in [2.75, 3.05) is 0 Å². The van der Waals surface area contributed by atoms with Crippen molar-refractivity contribution in [3.63, 3.8) is 0 Å². The number of halogens is 1. The third-order valence-electron chi connectivity index (χ3n) is 5.98. The van der Waals surface area contributed by atoms with Crippen molar-refractivity contribution in [3.8, 4) is 0 Å². The largest absolute Gasteiger partial charge is 0.300 e. The van der Waals surface area contributed by atoms with Gasteiger partial charge in [0.1, 0.15) is 5.82 Å². The third kappa shape index (κ3) is 14.6. The van der Waals surface area contributed by atoms with E-state index >= 15 is 0 Å². The lowest BCUT2D eigenvalue weighted by molar-refractivity contribution is 0.405. The maximum atomic E-state index is 14.1. The smallest absolute Gasteiger partial charge is 0.133 e. The summed E-state index contributed by atoms with van der Waals surface area (Å²) in [7, 11) is 0. The molecule has 0 bridgehead atoms. The van der Waals surface area contributed by atoms with Crippen LogP contribution in [0, 0.1) is 24.1 Å². The molecule has 0 amide bonds. The number of aryl methyl sites for hydroxylation is 1. The van der Waals surface area contributed by atoms with Crippen LogP contribution >= 0.6 is 0 Å². The molecule has 0 unspecified atom stereocenters. The molecule has 0 spiro atoms. The lowest BCUT2D eigenvalue weighted by atomic mass is 9.78. The number of hydrogen-bond acceptors (Lipinski definition) is 1. The predicted octanol–water partition coefficient (Wildman–Crippen LogP) is 12.3. The minimum Gasteiger partial charge on any atom is -0.300 e. The summed E-state index contributed by atoms with van der Waals surface area (Å²) in [5, 5.41) is 8.30. The summed E-state index contributed by atoms with van der Waals surface area (Å²) in [4.78, 5) is 0. The molecule has 1 aliphatic rings. The molecular weight excluding hydrogens is 489 g/mol. The predicted molar refractivity (Wildman–Crippen MR) is 181 cm³/mol. The van der Waals surface area contributed by atoms with E-state index < -0.39 is 5.82 Å². The first kappa shape index (κ1) is 38.6. The molecule has 1 N–H and O–H groups in total. The fourth-order valence-corrected chi connectivity index (χ4v) is 3.90. The van der Waals surface area contributed by atoms with E-state index in [0.717, 1.165) is 22.6 Å². The van der Waals surface area contributed by atoms with Gasteiger partial charge in [-0.05, 0) is 69.7 Å². The minimum atomic E-state index is -0.405. The average Bonchev–Trinajstić information content (AvgIpc) is 2.93. The Balaban J connectivity index is 0. The normalized spacial score (nSPS) is 12.9. The van der Waals surface area contributed by atoms with Crippen LogP contribution in [0.25, 0.3) is 6.08 Å². The van der Waals surface area contributed by atoms with Gasteiger partial charge in [-0.2, -0.15) is 0 Å². The fourth-order valence-electron chi connectivity index (χ4n) is 3.90. The molecule has 3 rings (SSSR count). The Kier molecular flexibility index (Phi) is 22.6. The highest BCUT2D eigenvalue weighted by molar-refractivity contribution is 6.13. The SMILES string of the molecule is C=C/C=C(/C)C(C(=N)c1ccc(C=C)cc1F)=C(C)C.C=CC=C1CC(CC)C1.CC.CC.Cc1ccccc1. The Morgan fingerprint density at radius 1 is 0.925 bits per heavy atom. The molecule has 1 fully saturated rings. The summed E-state index contributed by atoms with van der Waals surface area (Å²) in [6.07, 6.45) is 13.1. The van der Waals surface area contributed by atoms with Gasteiger partial charge in [0.15, 0.2) is 0 Å². The molecule has 0 aromatic heterocycles. The first-order valence-corrected chi connectivity index (χ1v) is 14.5. The zero-order valence-electron chi connectivity index (χ0n) is 26.7. The van der Waals surface area contributed by atoms with E-state index in [9.17, 15) is 4.39 Å². The molecule has 40 heavy (non-hydrogen) atoms. The van der Waals surface area contributed by atoms with E-state index in [1.807, 2.05) is 78.8 Å². The van der Waals surface area contributed by atoms with Crippen LogP contribution in [0.4, 0.5) is 4.39 Å². The Labute approximate surface area is 246 Å². The highest BCUT2D eigenvalue weighted by Gasteiger charge is 2.19. The molecule has 0 radical (unpaired) electrons. The highest BCUT2D eigenvalue weighted by Crippen LogP contribution is 2.34. The molecular formula is C38H54FN. The van der Waals surface area contributed by atoms with E-state index in [0.29, 0.717) is 11.1 Å². The molecule has 0 saturated heterocycles. The number of nitrogens with one attached hydrogen (secondary N) is 1. The summed E-state index contributed by atoms with van der Waals surface area (Å²) < 4.78 is 14.1. The van der Waals surface area contributed by atoms with Gasteiger partial charge in [0.2, 0.25) is 0 Å². The van der Waals surface area contributed by atoms with Gasteiger partial charge in [-0.1, -0.05) is 144 Å². The van der Waals surface area contributed by atoms with Crippen molar-refractivity contribution in [3.05, 3.63) is 137 Å². The van der Waals surface area contributed by atoms with E-state index in [1.54, 1.807) is 29.9 Å². The van der Waals surface area contributed by atoms with Gasteiger partial charge < -0.3 is 0 Å². The monoisotopic (exact) mass is 543 g/mol. The van der Waals surface area contributed by atoms with Crippen LogP contribution in [-0.4, -0.2) is 5.71 Å². The van der Waals surface area contributed by atoms with Crippen molar-refractivity contribution in [1.82, 2.24) is 0 Å². The molecule has 2 heteroatoms. The second-order valence-corrected chi connectivity index (χ2v) is 9.18. The van der Waals surface area contributed by atoms with E-state index in [-0.39, 0.29) is 5.71 Å². The molecule has 2 aromatic rings. The molecule has 1 saturated carbocycles. The van der Waals surface area contributed by atoms with Crippen LogP contribution in [0.2, 0.25) is 0 Å². The molecule has 1 aliphatic carbocycles. The van der Waals surface area contributed by atoms with Gasteiger partial charge in [-0.25, -0.2) is 4.39 Å². The number of hydrogen-bond donors (Lipinski definition) is 1. The van der Waals surface area contributed by atoms with Crippen LogP contribution in [0.15, 0.2) is 115 Å². The Hall–Kier alpha value is -3.52. The van der Waals surface area contributed by atoms with Gasteiger partial charge >= 0.3 is 0 Å². The fraction of sp³-hybridized carbons (Fsp3) is 0.342. The second-order valence-electron chi connectivity index (χ2n) is 9.18. The van der Waals surface area contributed by atoms with Gasteiger partial charge in [-0.15, -0.1) is 0 Å². The average molecular weight is 544 g/mol. The molecule has 218 valence electrons. The molecule has 0 heterocycles. The molecule has 0 atom stereocenters. The summed E-state index contributed by atoms with van der Waals surface area (Å²) in [6, 6.07) is 15.0. The number of allylic oxidation sites excluding steroid dienone is 8. The summed E-state index contributed by atoms with van der Waals surface area (Å²) in [6.45, 7) is 29.0. The first-order valence-electron chi connectivity index (χ1n) is 14.5. The third-order valence-corrected chi connectivity index (χ3v) is 5.98. The van der Waals surface area contributed by atoms with Crippen LogP contribution in [0.3, 0.4) is 0 Å². The maximum Gasteiger partial charge on any atom is 0.133 e. The van der Waals surface area contributed by atoms with Gasteiger partial charge in [0, 0.05) is 11.1 Å². The zero-order valence-corrected chi connectivity index (χ0v) is 26.7. The van der Waals surface area contributed by atoms with Crippen molar-refractivity contribution in [2.24, 2.45) is 5.92 Å². The van der Waals surface area contributed by atoms with Gasteiger partial charge in [-0.3, -0.25) is 5.41 Å².